The maximum Gasteiger partial charge on any atom is 0.341 e. The van der Waals surface area contributed by atoms with Crippen LogP contribution in [0.2, 0.25) is 0 Å². The van der Waals surface area contributed by atoms with Crippen molar-refractivity contribution in [1.82, 2.24) is 9.55 Å². The molecule has 0 spiro atoms. The summed E-state index contributed by atoms with van der Waals surface area (Å²) in [6.45, 7) is 10.6. The molecule has 7 nitrogen and oxygen atoms in total. The molecule has 0 unspecified atom stereocenters. The number of hydrogen-bond donors (Lipinski definition) is 2. The minimum absolute atomic E-state index is 0.0474. The van der Waals surface area contributed by atoms with Crippen molar-refractivity contribution in [1.29, 1.82) is 0 Å². The van der Waals surface area contributed by atoms with Crippen LogP contribution in [0.3, 0.4) is 0 Å². The highest BCUT2D eigenvalue weighted by atomic mass is 19.1. The fraction of sp³-hybridized carbons (Fsp3) is 0.526. The lowest BCUT2D eigenvalue weighted by Crippen LogP contribution is -2.35. The van der Waals surface area contributed by atoms with Gasteiger partial charge in [0.1, 0.15) is 11.2 Å². The number of aromatic carboxylic acids is 1. The Morgan fingerprint density at radius 2 is 2.04 bits per heavy atom. The van der Waals surface area contributed by atoms with Gasteiger partial charge < -0.3 is 20.3 Å². The zero-order valence-corrected chi connectivity index (χ0v) is 16.2. The van der Waals surface area contributed by atoms with Crippen LogP contribution in [0.4, 0.5) is 10.2 Å². The summed E-state index contributed by atoms with van der Waals surface area (Å²) in [5, 5.41) is 9.30. The SMILES string of the molecule is CC1(C)CN(c2nc3c(cc2F)c(=O)c(C(=O)O)cn3C(C)(C)C)C[C@@H]1N. The second kappa shape index (κ2) is 6.02. The van der Waals surface area contributed by atoms with Gasteiger partial charge in [0, 0.05) is 30.9 Å². The standard InChI is InChI=1S/C19H25FN4O3/c1-18(2,3)24-7-11(17(26)27)14(25)10-6-12(20)16(22-15(10)24)23-8-13(21)19(4,5)9-23/h6-7,13H,8-9,21H2,1-5H3,(H,26,27)/t13-/m0/s1. The molecule has 1 aliphatic heterocycles. The summed E-state index contributed by atoms with van der Waals surface area (Å²) in [7, 11) is 0. The minimum atomic E-state index is -1.35. The van der Waals surface area contributed by atoms with Crippen molar-refractivity contribution >= 4 is 22.8 Å². The molecule has 0 aromatic carbocycles. The largest absolute Gasteiger partial charge is 0.477 e. The molecule has 3 rings (SSSR count). The number of aromatic nitrogens is 2. The molecule has 1 saturated heterocycles. The summed E-state index contributed by atoms with van der Waals surface area (Å²) in [5.41, 5.74) is 4.52. The van der Waals surface area contributed by atoms with Gasteiger partial charge in [-0.15, -0.1) is 0 Å². The third-order valence-corrected chi connectivity index (χ3v) is 5.18. The molecular weight excluding hydrogens is 351 g/mol. The van der Waals surface area contributed by atoms with Crippen LogP contribution in [0.5, 0.6) is 0 Å². The Kier molecular flexibility index (Phi) is 4.30. The lowest BCUT2D eigenvalue weighted by Gasteiger charge is -2.27. The first-order chi connectivity index (χ1) is 12.3. The number of nitrogens with two attached hydrogens (primary N) is 1. The highest BCUT2D eigenvalue weighted by Crippen LogP contribution is 2.33. The first-order valence-electron chi connectivity index (χ1n) is 8.83. The average Bonchev–Trinajstić information content (AvgIpc) is 2.79. The number of carboxylic acids is 1. The van der Waals surface area contributed by atoms with E-state index in [-0.39, 0.29) is 28.3 Å². The molecule has 0 radical (unpaired) electrons. The number of carboxylic acid groups (broad SMARTS) is 1. The Hall–Kier alpha value is -2.48. The van der Waals surface area contributed by atoms with Gasteiger partial charge in [0.25, 0.3) is 0 Å². The van der Waals surface area contributed by atoms with Crippen LogP contribution in [-0.2, 0) is 5.54 Å². The first-order valence-corrected chi connectivity index (χ1v) is 8.83. The summed E-state index contributed by atoms with van der Waals surface area (Å²) in [6.07, 6.45) is 1.28. The quantitative estimate of drug-likeness (QED) is 0.833. The van der Waals surface area contributed by atoms with E-state index in [1.807, 2.05) is 34.6 Å². The van der Waals surface area contributed by atoms with E-state index in [0.717, 1.165) is 6.07 Å². The highest BCUT2D eigenvalue weighted by Gasteiger charge is 2.38. The summed E-state index contributed by atoms with van der Waals surface area (Å²) in [6, 6.07) is 0.958. The van der Waals surface area contributed by atoms with E-state index in [1.165, 1.54) is 6.20 Å². The number of nitrogens with zero attached hydrogens (tertiary/aromatic N) is 3. The third kappa shape index (κ3) is 3.18. The Balaban J connectivity index is 2.30. The van der Waals surface area contributed by atoms with Gasteiger partial charge in [-0.05, 0) is 32.3 Å². The van der Waals surface area contributed by atoms with Crippen LogP contribution in [0.25, 0.3) is 11.0 Å². The van der Waals surface area contributed by atoms with Crippen molar-refractivity contribution < 1.29 is 14.3 Å². The summed E-state index contributed by atoms with van der Waals surface area (Å²) in [4.78, 5) is 30.2. The van der Waals surface area contributed by atoms with E-state index < -0.39 is 28.3 Å². The Bertz CT molecular complexity index is 991. The van der Waals surface area contributed by atoms with E-state index in [0.29, 0.717) is 13.1 Å². The number of pyridine rings is 2. The van der Waals surface area contributed by atoms with Gasteiger partial charge in [-0.25, -0.2) is 14.2 Å². The van der Waals surface area contributed by atoms with Crippen LogP contribution in [0.1, 0.15) is 45.0 Å². The molecule has 0 aliphatic carbocycles. The summed E-state index contributed by atoms with van der Waals surface area (Å²) in [5.74, 6) is -1.88. The smallest absolute Gasteiger partial charge is 0.341 e. The second-order valence-corrected chi connectivity index (χ2v) is 8.86. The molecule has 2 aromatic rings. The second-order valence-electron chi connectivity index (χ2n) is 8.86. The fourth-order valence-electron chi connectivity index (χ4n) is 3.42. The van der Waals surface area contributed by atoms with Gasteiger partial charge in [0.05, 0.1) is 5.39 Å². The van der Waals surface area contributed by atoms with Crippen molar-refractivity contribution in [2.45, 2.75) is 46.2 Å². The molecule has 1 aliphatic rings. The molecule has 3 heterocycles. The third-order valence-electron chi connectivity index (χ3n) is 5.18. The van der Waals surface area contributed by atoms with Gasteiger partial charge in [-0.2, -0.15) is 0 Å². The van der Waals surface area contributed by atoms with E-state index >= 15 is 0 Å². The normalized spacial score (nSPS) is 19.7. The first kappa shape index (κ1) is 19.3. The van der Waals surface area contributed by atoms with Gasteiger partial charge in [-0.1, -0.05) is 13.8 Å². The number of anilines is 1. The number of hydrogen-bond acceptors (Lipinski definition) is 5. The molecule has 1 atom stereocenters. The molecule has 2 aromatic heterocycles. The minimum Gasteiger partial charge on any atom is -0.477 e. The van der Waals surface area contributed by atoms with Crippen molar-refractivity contribution in [3.63, 3.8) is 0 Å². The van der Waals surface area contributed by atoms with E-state index in [9.17, 15) is 19.1 Å². The van der Waals surface area contributed by atoms with Gasteiger partial charge >= 0.3 is 5.97 Å². The van der Waals surface area contributed by atoms with Crippen molar-refractivity contribution in [3.8, 4) is 0 Å². The van der Waals surface area contributed by atoms with Crippen LogP contribution in [0.15, 0.2) is 17.1 Å². The van der Waals surface area contributed by atoms with Gasteiger partial charge in [0.15, 0.2) is 11.6 Å². The average molecular weight is 376 g/mol. The Morgan fingerprint density at radius 3 is 2.52 bits per heavy atom. The molecule has 1 fully saturated rings. The molecular formula is C19H25FN4O3. The van der Waals surface area contributed by atoms with E-state index in [2.05, 4.69) is 4.98 Å². The zero-order valence-electron chi connectivity index (χ0n) is 16.2. The fourth-order valence-corrected chi connectivity index (χ4v) is 3.42. The summed E-state index contributed by atoms with van der Waals surface area (Å²) >= 11 is 0. The molecule has 8 heteroatoms. The lowest BCUT2D eigenvalue weighted by atomic mass is 9.89. The van der Waals surface area contributed by atoms with Crippen LogP contribution in [0, 0.1) is 11.2 Å². The molecule has 27 heavy (non-hydrogen) atoms. The Morgan fingerprint density at radius 1 is 1.41 bits per heavy atom. The molecule has 0 bridgehead atoms. The van der Waals surface area contributed by atoms with Crippen LogP contribution < -0.4 is 16.1 Å². The predicted octanol–water partition coefficient (Wildman–Crippen LogP) is 2.16. The van der Waals surface area contributed by atoms with Crippen molar-refractivity contribution in [2.24, 2.45) is 11.1 Å². The van der Waals surface area contributed by atoms with Crippen molar-refractivity contribution in [3.05, 3.63) is 33.9 Å². The topological polar surface area (TPSA) is 101 Å². The van der Waals surface area contributed by atoms with Crippen LogP contribution >= 0.6 is 0 Å². The van der Waals surface area contributed by atoms with Gasteiger partial charge in [0.2, 0.25) is 5.43 Å². The lowest BCUT2D eigenvalue weighted by molar-refractivity contribution is 0.0694. The monoisotopic (exact) mass is 376 g/mol. The predicted molar refractivity (Wildman–Crippen MR) is 102 cm³/mol. The number of rotatable bonds is 2. The molecule has 3 N–H and O–H groups in total. The number of carbonyl (C=O) groups is 1. The summed E-state index contributed by atoms with van der Waals surface area (Å²) < 4.78 is 16.5. The number of fused-ring (bicyclic) bond motifs is 1. The zero-order chi connectivity index (χ0) is 20.3. The molecule has 146 valence electrons. The maximum absolute atomic E-state index is 14.9. The van der Waals surface area contributed by atoms with Crippen LogP contribution in [-0.4, -0.2) is 39.8 Å². The van der Waals surface area contributed by atoms with E-state index in [4.69, 9.17) is 5.73 Å². The Labute approximate surface area is 156 Å². The molecule has 0 saturated carbocycles. The highest BCUT2D eigenvalue weighted by molar-refractivity contribution is 5.92. The van der Waals surface area contributed by atoms with Crippen molar-refractivity contribution in [2.75, 3.05) is 18.0 Å². The molecule has 0 amide bonds. The van der Waals surface area contributed by atoms with Gasteiger partial charge in [-0.3, -0.25) is 4.79 Å². The number of halogens is 1. The maximum atomic E-state index is 14.9. The van der Waals surface area contributed by atoms with E-state index in [1.54, 1.807) is 9.47 Å².